The fourth-order valence-electron chi connectivity index (χ4n) is 4.41. The molecule has 0 unspecified atom stereocenters. The van der Waals surface area contributed by atoms with Crippen LogP contribution in [0.25, 0.3) is 27.6 Å². The molecule has 0 aliphatic carbocycles. The third-order valence-electron chi connectivity index (χ3n) is 6.04. The summed E-state index contributed by atoms with van der Waals surface area (Å²) in [4.78, 5) is 11.6. The molecule has 0 saturated heterocycles. The van der Waals surface area contributed by atoms with E-state index < -0.39 is 0 Å². The van der Waals surface area contributed by atoms with Gasteiger partial charge in [-0.05, 0) is 59.4 Å². The molecule has 0 saturated carbocycles. The lowest BCUT2D eigenvalue weighted by atomic mass is 10.00. The third-order valence-corrected chi connectivity index (χ3v) is 6.04. The van der Waals surface area contributed by atoms with Crippen LogP contribution in [0.5, 0.6) is 0 Å². The number of benzene rings is 2. The standard InChI is InChI=1S/C27H21FN4/c1-17-13-20(9-11-29-17)19-7-5-18(6-8-19)16-32-26-25-22(10-12-30-26)15-24(31-27(25)32)21-3-2-4-23(28)14-21/h2-10,12-15,29H,11,16H2,1H3. The van der Waals surface area contributed by atoms with Crippen molar-refractivity contribution in [3.63, 3.8) is 0 Å². The lowest BCUT2D eigenvalue weighted by Crippen LogP contribution is -2.26. The molecule has 2 aromatic carbocycles. The molecule has 2 aromatic heterocycles. The molecule has 4 aromatic rings. The van der Waals surface area contributed by atoms with Crippen molar-refractivity contribution in [2.75, 3.05) is 11.4 Å². The number of nitrogens with one attached hydrogen (secondary N) is 1. The number of dihydropyridines is 1. The van der Waals surface area contributed by atoms with Crippen LogP contribution in [-0.2, 0) is 6.54 Å². The molecular weight excluding hydrogens is 399 g/mol. The molecule has 0 fully saturated rings. The number of aromatic nitrogens is 2. The van der Waals surface area contributed by atoms with Gasteiger partial charge in [-0.1, -0.05) is 42.5 Å². The SMILES string of the molecule is CC1=CC(c2ccc(CN3c4nccc5cc(-c6cccc(F)c6)nc3c45)cc2)=CCN1. The van der Waals surface area contributed by atoms with E-state index in [0.717, 1.165) is 40.2 Å². The monoisotopic (exact) mass is 420 g/mol. The maximum absolute atomic E-state index is 13.8. The maximum Gasteiger partial charge on any atom is 0.146 e. The topological polar surface area (TPSA) is 41.1 Å². The van der Waals surface area contributed by atoms with Gasteiger partial charge in [0.2, 0.25) is 0 Å². The van der Waals surface area contributed by atoms with Gasteiger partial charge < -0.3 is 10.2 Å². The number of allylic oxidation sites excluding steroid dienone is 3. The summed E-state index contributed by atoms with van der Waals surface area (Å²) in [5.41, 5.74) is 6.37. The second-order valence-electron chi connectivity index (χ2n) is 8.22. The Morgan fingerprint density at radius 3 is 2.69 bits per heavy atom. The summed E-state index contributed by atoms with van der Waals surface area (Å²) in [6, 6.07) is 19.2. The summed E-state index contributed by atoms with van der Waals surface area (Å²) in [6.07, 6.45) is 6.20. The van der Waals surface area contributed by atoms with E-state index in [1.54, 1.807) is 6.07 Å². The lowest BCUT2D eigenvalue weighted by molar-refractivity contribution is 0.628. The number of halogens is 1. The van der Waals surface area contributed by atoms with Crippen molar-refractivity contribution in [3.8, 4) is 11.3 Å². The van der Waals surface area contributed by atoms with Crippen LogP contribution in [0.1, 0.15) is 18.1 Å². The summed E-state index contributed by atoms with van der Waals surface area (Å²) in [7, 11) is 0. The highest BCUT2D eigenvalue weighted by Crippen LogP contribution is 2.46. The second kappa shape index (κ2) is 7.31. The van der Waals surface area contributed by atoms with Crippen LogP contribution in [0.4, 0.5) is 16.0 Å². The van der Waals surface area contributed by atoms with Gasteiger partial charge in [-0.15, -0.1) is 0 Å². The van der Waals surface area contributed by atoms with E-state index in [0.29, 0.717) is 6.54 Å². The van der Waals surface area contributed by atoms with Crippen molar-refractivity contribution < 1.29 is 4.39 Å². The minimum atomic E-state index is -0.260. The van der Waals surface area contributed by atoms with Crippen molar-refractivity contribution in [2.45, 2.75) is 13.5 Å². The second-order valence-corrected chi connectivity index (χ2v) is 8.22. The van der Waals surface area contributed by atoms with Crippen LogP contribution in [0.2, 0.25) is 0 Å². The quantitative estimate of drug-likeness (QED) is 0.441. The molecule has 0 amide bonds. The number of pyridine rings is 2. The van der Waals surface area contributed by atoms with Crippen LogP contribution in [-0.4, -0.2) is 16.5 Å². The third kappa shape index (κ3) is 3.14. The number of hydrogen-bond donors (Lipinski definition) is 1. The molecule has 32 heavy (non-hydrogen) atoms. The molecule has 0 atom stereocenters. The summed E-state index contributed by atoms with van der Waals surface area (Å²) < 4.78 is 13.8. The summed E-state index contributed by atoms with van der Waals surface area (Å²) >= 11 is 0. The first kappa shape index (κ1) is 18.8. The Hall–Kier alpha value is -3.99. The Balaban J connectivity index is 1.31. The highest BCUT2D eigenvalue weighted by Gasteiger charge is 2.30. The first-order chi connectivity index (χ1) is 15.7. The van der Waals surface area contributed by atoms with Gasteiger partial charge in [0.1, 0.15) is 17.5 Å². The van der Waals surface area contributed by atoms with Crippen LogP contribution in [0.15, 0.2) is 84.7 Å². The predicted molar refractivity (Wildman–Crippen MR) is 127 cm³/mol. The first-order valence-corrected chi connectivity index (χ1v) is 10.7. The average Bonchev–Trinajstić information content (AvgIpc) is 2.82. The fourth-order valence-corrected chi connectivity index (χ4v) is 4.41. The zero-order valence-corrected chi connectivity index (χ0v) is 17.6. The van der Waals surface area contributed by atoms with Gasteiger partial charge in [0.25, 0.3) is 0 Å². The van der Waals surface area contributed by atoms with Crippen molar-refractivity contribution in [1.82, 2.24) is 15.3 Å². The molecule has 0 radical (unpaired) electrons. The summed E-state index contributed by atoms with van der Waals surface area (Å²) in [5, 5.41) is 5.46. The predicted octanol–water partition coefficient (Wildman–Crippen LogP) is 5.98. The van der Waals surface area contributed by atoms with Crippen molar-refractivity contribution in [2.24, 2.45) is 0 Å². The largest absolute Gasteiger partial charge is 0.385 e. The lowest BCUT2D eigenvalue weighted by Gasteiger charge is -2.34. The fraction of sp³-hybridized carbons (Fsp3) is 0.111. The van der Waals surface area contributed by atoms with Gasteiger partial charge in [-0.25, -0.2) is 14.4 Å². The normalized spacial score (nSPS) is 14.5. The van der Waals surface area contributed by atoms with E-state index in [1.165, 1.54) is 34.5 Å². The Bertz CT molecular complexity index is 1420. The van der Waals surface area contributed by atoms with Gasteiger partial charge in [-0.3, -0.25) is 0 Å². The zero-order chi connectivity index (χ0) is 21.7. The van der Waals surface area contributed by atoms with E-state index in [9.17, 15) is 4.39 Å². The van der Waals surface area contributed by atoms with Gasteiger partial charge in [0.05, 0.1) is 17.6 Å². The van der Waals surface area contributed by atoms with Gasteiger partial charge >= 0.3 is 0 Å². The number of rotatable bonds is 4. The van der Waals surface area contributed by atoms with E-state index in [2.05, 4.69) is 58.5 Å². The maximum atomic E-state index is 13.8. The average molecular weight is 420 g/mol. The van der Waals surface area contributed by atoms with Crippen molar-refractivity contribution in [3.05, 3.63) is 102 Å². The molecule has 156 valence electrons. The van der Waals surface area contributed by atoms with Crippen molar-refractivity contribution in [1.29, 1.82) is 0 Å². The summed E-state index contributed by atoms with van der Waals surface area (Å²) in [5.74, 6) is 1.58. The van der Waals surface area contributed by atoms with Crippen LogP contribution < -0.4 is 10.2 Å². The highest BCUT2D eigenvalue weighted by molar-refractivity contribution is 6.11. The van der Waals surface area contributed by atoms with Gasteiger partial charge in [0.15, 0.2) is 0 Å². The Labute approximate surface area is 185 Å². The summed E-state index contributed by atoms with van der Waals surface area (Å²) in [6.45, 7) is 3.63. The molecule has 0 bridgehead atoms. The highest BCUT2D eigenvalue weighted by atomic mass is 19.1. The molecule has 0 spiro atoms. The first-order valence-electron chi connectivity index (χ1n) is 10.7. The molecule has 6 rings (SSSR count). The Morgan fingerprint density at radius 2 is 1.88 bits per heavy atom. The number of anilines is 2. The minimum absolute atomic E-state index is 0.260. The van der Waals surface area contributed by atoms with Crippen LogP contribution in [0.3, 0.4) is 0 Å². The molecule has 1 N–H and O–H groups in total. The zero-order valence-electron chi connectivity index (χ0n) is 17.6. The van der Waals surface area contributed by atoms with E-state index in [4.69, 9.17) is 4.98 Å². The van der Waals surface area contributed by atoms with E-state index in [1.807, 2.05) is 24.4 Å². The Morgan fingerprint density at radius 1 is 1.00 bits per heavy atom. The molecule has 2 aliphatic heterocycles. The molecule has 5 heteroatoms. The van der Waals surface area contributed by atoms with Gasteiger partial charge in [-0.2, -0.15) is 0 Å². The van der Waals surface area contributed by atoms with Gasteiger partial charge in [0, 0.05) is 24.0 Å². The molecule has 4 nitrogen and oxygen atoms in total. The molecule has 2 aliphatic rings. The molecular formula is C27H21FN4. The van der Waals surface area contributed by atoms with E-state index in [-0.39, 0.29) is 5.82 Å². The van der Waals surface area contributed by atoms with Crippen LogP contribution >= 0.6 is 0 Å². The smallest absolute Gasteiger partial charge is 0.146 e. The van der Waals surface area contributed by atoms with Crippen molar-refractivity contribution >= 4 is 28.0 Å². The number of nitrogens with zero attached hydrogens (tertiary/aromatic N) is 3. The molecule has 4 heterocycles. The van der Waals surface area contributed by atoms with Crippen LogP contribution in [0, 0.1) is 5.82 Å². The minimum Gasteiger partial charge on any atom is -0.385 e. The Kier molecular flexibility index (Phi) is 4.28. The van der Waals surface area contributed by atoms with E-state index >= 15 is 0 Å². The number of hydrogen-bond acceptors (Lipinski definition) is 4.